The quantitative estimate of drug-likeness (QED) is 0.392. The van der Waals surface area contributed by atoms with Crippen molar-refractivity contribution in [3.8, 4) is 0 Å². The summed E-state index contributed by atoms with van der Waals surface area (Å²) in [5, 5.41) is 0. The fraction of sp³-hybridized carbons (Fsp3) is 0. The number of carbonyl (C=O) groups excluding carboxylic acids is 2. The van der Waals surface area contributed by atoms with Crippen molar-refractivity contribution in [3.05, 3.63) is 0 Å². The Morgan fingerprint density at radius 2 is 1.20 bits per heavy atom. The van der Waals surface area contributed by atoms with Gasteiger partial charge in [0.25, 0.3) is 0 Å². The predicted octanol–water partition coefficient (Wildman–Crippen LogP) is -0.705. The van der Waals surface area contributed by atoms with Crippen LogP contribution in [0, 0.1) is 0 Å². The molecule has 0 unspecified atom stereocenters. The Morgan fingerprint density at radius 1 is 1.20 bits per heavy atom. The van der Waals surface area contributed by atoms with Gasteiger partial charge in [0.1, 0.15) is 0 Å². The van der Waals surface area contributed by atoms with Gasteiger partial charge >= 0.3 is 23.2 Å². The van der Waals surface area contributed by atoms with Crippen LogP contribution >= 0.6 is 0 Å². The van der Waals surface area contributed by atoms with Crippen LogP contribution in [-0.4, -0.2) is 6.15 Å². The van der Waals surface area contributed by atoms with E-state index in [0.29, 0.717) is 0 Å². The third-order valence-corrected chi connectivity index (χ3v) is 0. The third-order valence-electron chi connectivity index (χ3n) is 0. The molecule has 0 aromatic carbocycles. The minimum Gasteiger partial charge on any atom is -2.00 e. The Hall–Kier alpha value is -0.141. The SMILES string of the molecule is O=C=O.[Fe+2].[O-2]. The third kappa shape index (κ3) is 676. The monoisotopic (exact) mass is 116 g/mol. The average molecular weight is 116 g/mol. The number of hydrogen-bond acceptors (Lipinski definition) is 2. The summed E-state index contributed by atoms with van der Waals surface area (Å²) >= 11 is 0. The maximum Gasteiger partial charge on any atom is 2.00 e. The van der Waals surface area contributed by atoms with Gasteiger partial charge in [0.15, 0.2) is 0 Å². The molecule has 30 valence electrons. The number of hydrogen-bond donors (Lipinski definition) is 0. The van der Waals surface area contributed by atoms with Gasteiger partial charge in [0.05, 0.1) is 0 Å². The second-order valence-electron chi connectivity index (χ2n) is 0.0833. The van der Waals surface area contributed by atoms with Crippen molar-refractivity contribution in [1.29, 1.82) is 0 Å². The van der Waals surface area contributed by atoms with E-state index in [0.717, 1.165) is 0 Å². The van der Waals surface area contributed by atoms with E-state index >= 15 is 0 Å². The van der Waals surface area contributed by atoms with Crippen LogP contribution in [-0.2, 0) is 32.1 Å². The molecule has 3 nitrogen and oxygen atoms in total. The molecular formula is CFeO3. The van der Waals surface area contributed by atoms with Crippen LogP contribution in [0.3, 0.4) is 0 Å². The molecule has 0 heterocycles. The van der Waals surface area contributed by atoms with Gasteiger partial charge in [0, 0.05) is 0 Å². The van der Waals surface area contributed by atoms with Crippen LogP contribution in [0.5, 0.6) is 0 Å². The van der Waals surface area contributed by atoms with Crippen LogP contribution in [0.4, 0.5) is 0 Å². The van der Waals surface area contributed by atoms with E-state index in [4.69, 9.17) is 9.59 Å². The van der Waals surface area contributed by atoms with Crippen LogP contribution in [0.2, 0.25) is 0 Å². The molecule has 0 fully saturated rings. The first-order valence-electron chi connectivity index (χ1n) is 0.408. The first kappa shape index (κ1) is 20.9. The van der Waals surface area contributed by atoms with E-state index in [9.17, 15) is 0 Å². The topological polar surface area (TPSA) is 62.6 Å². The van der Waals surface area contributed by atoms with Gasteiger partial charge in [0.2, 0.25) is 0 Å². The largest absolute Gasteiger partial charge is 2.00 e. The summed E-state index contributed by atoms with van der Waals surface area (Å²) in [5.74, 6) is 0. The Kier molecular flexibility index (Phi) is 179. The zero-order chi connectivity index (χ0) is 2.71. The zero-order valence-electron chi connectivity index (χ0n) is 2.08. The van der Waals surface area contributed by atoms with Crippen molar-refractivity contribution in [1.82, 2.24) is 0 Å². The molecule has 0 bridgehead atoms. The van der Waals surface area contributed by atoms with Crippen molar-refractivity contribution >= 4 is 6.15 Å². The minimum absolute atomic E-state index is 0. The van der Waals surface area contributed by atoms with Gasteiger partial charge in [-0.15, -0.1) is 0 Å². The second kappa shape index (κ2) is 42.7. The first-order valence-corrected chi connectivity index (χ1v) is 0.408. The fourth-order valence-electron chi connectivity index (χ4n) is 0. The van der Waals surface area contributed by atoms with Gasteiger partial charge in [-0.05, 0) is 0 Å². The summed E-state index contributed by atoms with van der Waals surface area (Å²) in [6.45, 7) is 0. The molecule has 0 aliphatic carbocycles. The molecule has 0 amide bonds. The molecule has 0 spiro atoms. The molecule has 5 heavy (non-hydrogen) atoms. The molecule has 0 saturated heterocycles. The van der Waals surface area contributed by atoms with E-state index in [1.165, 1.54) is 0 Å². The van der Waals surface area contributed by atoms with E-state index in [1.807, 2.05) is 0 Å². The predicted molar refractivity (Wildman–Crippen MR) is 5.69 cm³/mol. The average Bonchev–Trinajstić information content (AvgIpc) is 0.918. The Balaban J connectivity index is -0.0000000200. The van der Waals surface area contributed by atoms with E-state index in [1.54, 1.807) is 0 Å². The summed E-state index contributed by atoms with van der Waals surface area (Å²) in [5.41, 5.74) is 0. The van der Waals surface area contributed by atoms with Gasteiger partial charge in [-0.1, -0.05) is 0 Å². The molecule has 0 aliphatic rings. The second-order valence-corrected chi connectivity index (χ2v) is 0.0833. The molecule has 0 rings (SSSR count). The summed E-state index contributed by atoms with van der Waals surface area (Å²) in [6.07, 6.45) is 0.250. The molecule has 0 aromatic heterocycles. The molecule has 0 N–H and O–H groups in total. The van der Waals surface area contributed by atoms with Crippen molar-refractivity contribution < 1.29 is 32.1 Å². The van der Waals surface area contributed by atoms with Gasteiger partial charge in [-0.25, -0.2) is 0 Å². The fourth-order valence-corrected chi connectivity index (χ4v) is 0. The molecule has 4 heteroatoms. The minimum atomic E-state index is 0. The Labute approximate surface area is 39.1 Å². The summed E-state index contributed by atoms with van der Waals surface area (Å²) in [6, 6.07) is 0. The van der Waals surface area contributed by atoms with Crippen molar-refractivity contribution in [2.75, 3.05) is 0 Å². The van der Waals surface area contributed by atoms with Crippen LogP contribution in [0.25, 0.3) is 0 Å². The molecular weight excluding hydrogens is 116 g/mol. The molecule has 0 aromatic rings. The van der Waals surface area contributed by atoms with Gasteiger partial charge < -0.3 is 5.48 Å². The normalized spacial score (nSPS) is 1.60. The first-order chi connectivity index (χ1) is 1.41. The maximum absolute atomic E-state index is 8.12. The molecule has 0 aliphatic heterocycles. The van der Waals surface area contributed by atoms with Crippen LogP contribution < -0.4 is 0 Å². The van der Waals surface area contributed by atoms with Crippen LogP contribution in [0.15, 0.2) is 0 Å². The van der Waals surface area contributed by atoms with Gasteiger partial charge in [-0.3, -0.25) is 0 Å². The number of rotatable bonds is 0. The molecule has 0 atom stereocenters. The van der Waals surface area contributed by atoms with Gasteiger partial charge in [-0.2, -0.15) is 9.59 Å². The molecule has 0 saturated carbocycles. The van der Waals surface area contributed by atoms with E-state index in [2.05, 4.69) is 0 Å². The smallest absolute Gasteiger partial charge is 2.00 e. The zero-order valence-corrected chi connectivity index (χ0v) is 3.18. The Bertz CT molecular complexity index is 27.9. The summed E-state index contributed by atoms with van der Waals surface area (Å²) < 4.78 is 0. The van der Waals surface area contributed by atoms with Crippen molar-refractivity contribution in [2.24, 2.45) is 0 Å². The van der Waals surface area contributed by atoms with E-state index in [-0.39, 0.29) is 28.7 Å². The Morgan fingerprint density at radius 3 is 1.20 bits per heavy atom. The summed E-state index contributed by atoms with van der Waals surface area (Å²) in [7, 11) is 0. The van der Waals surface area contributed by atoms with Crippen LogP contribution in [0.1, 0.15) is 0 Å². The molecule has 0 radical (unpaired) electrons. The summed E-state index contributed by atoms with van der Waals surface area (Å²) in [4.78, 5) is 16.2. The standard InChI is InChI=1S/CO2.Fe.O/c2-1-3;;/q;+2;-2. The van der Waals surface area contributed by atoms with Crippen molar-refractivity contribution in [2.45, 2.75) is 0 Å². The van der Waals surface area contributed by atoms with Crippen molar-refractivity contribution in [3.63, 3.8) is 0 Å². The van der Waals surface area contributed by atoms with E-state index < -0.39 is 0 Å². The maximum atomic E-state index is 8.12.